The highest BCUT2D eigenvalue weighted by molar-refractivity contribution is 6.02. The molecule has 0 aliphatic carbocycles. The van der Waals surface area contributed by atoms with Crippen LogP contribution in [0.25, 0.3) is 0 Å². The minimum Gasteiger partial charge on any atom is -0.369 e. The number of amides is 4. The minimum absolute atomic E-state index is 0.0892. The highest BCUT2D eigenvalue weighted by Gasteiger charge is 2.36. The van der Waals surface area contributed by atoms with Gasteiger partial charge in [0.25, 0.3) is 0 Å². The van der Waals surface area contributed by atoms with Crippen LogP contribution in [0.3, 0.4) is 0 Å². The van der Waals surface area contributed by atoms with E-state index in [9.17, 15) is 19.2 Å². The third-order valence-electron chi connectivity index (χ3n) is 4.51. The van der Waals surface area contributed by atoms with Crippen LogP contribution in [0.5, 0.6) is 0 Å². The molecule has 0 aromatic heterocycles. The molecule has 0 radical (unpaired) electrons. The van der Waals surface area contributed by atoms with Gasteiger partial charge in [0.05, 0.1) is 11.8 Å². The molecule has 8 nitrogen and oxygen atoms in total. The zero-order valence-electron chi connectivity index (χ0n) is 13.0. The number of carbonyl (C=O) groups is 4. The van der Waals surface area contributed by atoms with E-state index in [0.717, 1.165) is 0 Å². The second-order valence-electron chi connectivity index (χ2n) is 6.14. The molecule has 3 rings (SSSR count). The maximum absolute atomic E-state index is 12.1. The second-order valence-corrected chi connectivity index (χ2v) is 6.14. The van der Waals surface area contributed by atoms with Crippen molar-refractivity contribution in [1.82, 2.24) is 0 Å². The number of rotatable bonds is 4. The molecule has 4 amide bonds. The number of nitrogens with zero attached hydrogens (tertiary/aromatic N) is 2. The summed E-state index contributed by atoms with van der Waals surface area (Å²) < 4.78 is 0. The van der Waals surface area contributed by atoms with E-state index in [0.29, 0.717) is 11.4 Å². The summed E-state index contributed by atoms with van der Waals surface area (Å²) in [4.78, 5) is 49.8. The number of carbonyl (C=O) groups excluding carboxylic acids is 4. The monoisotopic (exact) mass is 330 g/mol. The van der Waals surface area contributed by atoms with E-state index in [-0.39, 0.29) is 37.7 Å². The molecule has 2 atom stereocenters. The molecule has 2 aliphatic rings. The Hall–Kier alpha value is -2.90. The van der Waals surface area contributed by atoms with Gasteiger partial charge < -0.3 is 21.3 Å². The summed E-state index contributed by atoms with van der Waals surface area (Å²) in [5, 5.41) is 0. The fraction of sp³-hybridized carbons (Fsp3) is 0.375. The topological polar surface area (TPSA) is 127 Å². The van der Waals surface area contributed by atoms with E-state index in [2.05, 4.69) is 0 Å². The average Bonchev–Trinajstić information content (AvgIpc) is 3.11. The van der Waals surface area contributed by atoms with Crippen molar-refractivity contribution in [3.63, 3.8) is 0 Å². The van der Waals surface area contributed by atoms with Gasteiger partial charge in [0.1, 0.15) is 0 Å². The van der Waals surface area contributed by atoms with E-state index in [1.165, 1.54) is 9.80 Å². The van der Waals surface area contributed by atoms with Crippen LogP contribution in [0.15, 0.2) is 24.3 Å². The number of nitrogens with two attached hydrogens (primary N) is 2. The maximum Gasteiger partial charge on any atom is 0.227 e. The van der Waals surface area contributed by atoms with Gasteiger partial charge >= 0.3 is 0 Å². The Morgan fingerprint density at radius 3 is 1.62 bits per heavy atom. The minimum atomic E-state index is -0.506. The molecule has 1 aromatic rings. The van der Waals surface area contributed by atoms with Gasteiger partial charge in [-0.05, 0) is 18.2 Å². The van der Waals surface area contributed by atoms with Crippen LogP contribution in [0.1, 0.15) is 12.8 Å². The summed E-state index contributed by atoms with van der Waals surface area (Å²) >= 11 is 0. The zero-order valence-corrected chi connectivity index (χ0v) is 13.0. The summed E-state index contributed by atoms with van der Waals surface area (Å²) in [6, 6.07) is 6.89. The van der Waals surface area contributed by atoms with Gasteiger partial charge in [-0.25, -0.2) is 0 Å². The van der Waals surface area contributed by atoms with Gasteiger partial charge in [-0.1, -0.05) is 6.07 Å². The van der Waals surface area contributed by atoms with Crippen LogP contribution in [0.2, 0.25) is 0 Å². The molecule has 2 unspecified atom stereocenters. The third-order valence-corrected chi connectivity index (χ3v) is 4.51. The van der Waals surface area contributed by atoms with Crippen molar-refractivity contribution in [3.8, 4) is 0 Å². The number of primary amides is 2. The smallest absolute Gasteiger partial charge is 0.227 e. The van der Waals surface area contributed by atoms with Gasteiger partial charge in [0.15, 0.2) is 0 Å². The van der Waals surface area contributed by atoms with Crippen molar-refractivity contribution in [3.05, 3.63) is 24.3 Å². The molecular weight excluding hydrogens is 312 g/mol. The first kappa shape index (κ1) is 16.0. The summed E-state index contributed by atoms with van der Waals surface area (Å²) in [5.41, 5.74) is 11.7. The van der Waals surface area contributed by atoms with Crippen LogP contribution in [0.4, 0.5) is 11.4 Å². The van der Waals surface area contributed by atoms with Gasteiger partial charge in [-0.2, -0.15) is 0 Å². The lowest BCUT2D eigenvalue weighted by Crippen LogP contribution is -2.30. The van der Waals surface area contributed by atoms with Gasteiger partial charge in [-0.15, -0.1) is 0 Å². The van der Waals surface area contributed by atoms with Crippen molar-refractivity contribution < 1.29 is 19.2 Å². The molecule has 2 saturated heterocycles. The predicted molar refractivity (Wildman–Crippen MR) is 85.8 cm³/mol. The largest absolute Gasteiger partial charge is 0.369 e. The normalized spacial score (nSPS) is 23.8. The van der Waals surface area contributed by atoms with Gasteiger partial charge in [0, 0.05) is 37.3 Å². The van der Waals surface area contributed by atoms with Crippen LogP contribution >= 0.6 is 0 Å². The van der Waals surface area contributed by atoms with Crippen molar-refractivity contribution >= 4 is 35.0 Å². The fourth-order valence-corrected chi connectivity index (χ4v) is 3.12. The standard InChI is InChI=1S/C16H18N4O4/c17-15(23)9-4-13(21)19(7-9)11-2-1-3-12(6-11)20-8-10(16(18)24)5-14(20)22/h1-3,6,9-10H,4-5,7-8H2,(H2,17,23)(H2,18,24). The molecule has 2 fully saturated rings. The summed E-state index contributed by atoms with van der Waals surface area (Å²) in [5.74, 6) is -2.37. The lowest BCUT2D eigenvalue weighted by atomic mass is 10.1. The first-order valence-corrected chi connectivity index (χ1v) is 7.66. The molecule has 4 N–H and O–H groups in total. The Kier molecular flexibility index (Phi) is 3.96. The fourth-order valence-electron chi connectivity index (χ4n) is 3.12. The highest BCUT2D eigenvalue weighted by Crippen LogP contribution is 2.31. The van der Waals surface area contributed by atoms with E-state index < -0.39 is 23.7 Å². The Labute approximate surface area is 138 Å². The third kappa shape index (κ3) is 2.82. The Morgan fingerprint density at radius 2 is 1.29 bits per heavy atom. The van der Waals surface area contributed by atoms with Crippen LogP contribution in [0, 0.1) is 11.8 Å². The SMILES string of the molecule is NC(=O)C1CC(=O)N(c2cccc(N3CC(C(N)=O)CC3=O)c2)C1. The number of anilines is 2. The molecule has 8 heteroatoms. The zero-order chi connectivity index (χ0) is 17.4. The molecule has 24 heavy (non-hydrogen) atoms. The predicted octanol–water partition coefficient (Wildman–Crippen LogP) is -0.637. The molecule has 0 spiro atoms. The molecule has 2 heterocycles. The highest BCUT2D eigenvalue weighted by atomic mass is 16.2. The van der Waals surface area contributed by atoms with Crippen molar-refractivity contribution in [2.24, 2.45) is 23.3 Å². The molecule has 2 aliphatic heterocycles. The molecule has 0 bridgehead atoms. The average molecular weight is 330 g/mol. The van der Waals surface area contributed by atoms with Crippen molar-refractivity contribution in [1.29, 1.82) is 0 Å². The lowest BCUT2D eigenvalue weighted by molar-refractivity contribution is -0.123. The Morgan fingerprint density at radius 1 is 0.875 bits per heavy atom. The Bertz CT molecular complexity index is 675. The quantitative estimate of drug-likeness (QED) is 0.761. The van der Waals surface area contributed by atoms with Crippen LogP contribution < -0.4 is 21.3 Å². The van der Waals surface area contributed by atoms with Crippen molar-refractivity contribution in [2.45, 2.75) is 12.8 Å². The van der Waals surface area contributed by atoms with Crippen LogP contribution in [-0.4, -0.2) is 36.7 Å². The summed E-state index contributed by atoms with van der Waals surface area (Å²) in [6.45, 7) is 0.463. The first-order chi connectivity index (χ1) is 11.4. The second kappa shape index (κ2) is 5.95. The van der Waals surface area contributed by atoms with E-state index in [4.69, 9.17) is 11.5 Å². The Balaban J connectivity index is 1.83. The van der Waals surface area contributed by atoms with Crippen molar-refractivity contribution in [2.75, 3.05) is 22.9 Å². The molecule has 0 saturated carbocycles. The van der Waals surface area contributed by atoms with E-state index in [1.807, 2.05) is 0 Å². The van der Waals surface area contributed by atoms with Crippen LogP contribution in [-0.2, 0) is 19.2 Å². The molecule has 126 valence electrons. The molecular formula is C16H18N4O4. The van der Waals surface area contributed by atoms with E-state index in [1.54, 1.807) is 24.3 Å². The lowest BCUT2D eigenvalue weighted by Gasteiger charge is -2.21. The maximum atomic E-state index is 12.1. The number of hydrogen-bond donors (Lipinski definition) is 2. The number of hydrogen-bond acceptors (Lipinski definition) is 4. The first-order valence-electron chi connectivity index (χ1n) is 7.66. The van der Waals surface area contributed by atoms with E-state index >= 15 is 0 Å². The van der Waals surface area contributed by atoms with Gasteiger partial charge in [0.2, 0.25) is 23.6 Å². The molecule has 1 aromatic carbocycles. The number of benzene rings is 1. The summed E-state index contributed by atoms with van der Waals surface area (Å²) in [6.07, 6.45) is 0.178. The summed E-state index contributed by atoms with van der Waals surface area (Å²) in [7, 11) is 0. The van der Waals surface area contributed by atoms with Gasteiger partial charge in [-0.3, -0.25) is 19.2 Å².